The number of unbranched alkanes of at least 4 members (excludes halogenated alkanes) is 5. The quantitative estimate of drug-likeness (QED) is 0.308. The van der Waals surface area contributed by atoms with Crippen LogP contribution in [0.2, 0.25) is 5.15 Å². The second-order valence-electron chi connectivity index (χ2n) is 7.38. The van der Waals surface area contributed by atoms with Crippen molar-refractivity contribution in [2.45, 2.75) is 64.2 Å². The minimum Gasteiger partial charge on any atom is -0.388 e. The highest BCUT2D eigenvalue weighted by Crippen LogP contribution is 2.36. The lowest BCUT2D eigenvalue weighted by Gasteiger charge is -2.18. The summed E-state index contributed by atoms with van der Waals surface area (Å²) in [7, 11) is 0. The zero-order valence-corrected chi connectivity index (χ0v) is 18.5. The van der Waals surface area contributed by atoms with E-state index in [1.807, 2.05) is 22.1 Å². The van der Waals surface area contributed by atoms with Crippen LogP contribution in [-0.4, -0.2) is 37.3 Å². The highest BCUT2D eigenvalue weighted by molar-refractivity contribution is 7.13. The molecule has 1 aliphatic heterocycles. The number of halogens is 1. The van der Waals surface area contributed by atoms with Crippen LogP contribution in [0.3, 0.4) is 0 Å². The molecule has 0 aliphatic carbocycles. The normalized spacial score (nSPS) is 18.6. The van der Waals surface area contributed by atoms with Gasteiger partial charge in [-0.3, -0.25) is 4.57 Å². The Labute approximate surface area is 185 Å². The first kappa shape index (κ1) is 21.3. The molecule has 1 N–H and O–H groups in total. The van der Waals surface area contributed by atoms with Crippen LogP contribution in [0.5, 0.6) is 0 Å². The van der Waals surface area contributed by atoms with E-state index < -0.39 is 12.3 Å². The summed E-state index contributed by atoms with van der Waals surface area (Å²) in [6.07, 6.45) is 6.21. The maximum atomic E-state index is 10.5. The molecule has 1 aliphatic rings. The van der Waals surface area contributed by atoms with E-state index in [4.69, 9.17) is 21.3 Å². The number of aromatic nitrogens is 4. The summed E-state index contributed by atoms with van der Waals surface area (Å²) in [5, 5.41) is 12.7. The van der Waals surface area contributed by atoms with Crippen molar-refractivity contribution in [3.63, 3.8) is 0 Å². The van der Waals surface area contributed by atoms with E-state index in [2.05, 4.69) is 28.7 Å². The van der Waals surface area contributed by atoms with Gasteiger partial charge in [-0.1, -0.05) is 56.2 Å². The standard InChI is InChI=1S/C22H25ClN4O2S/c1-2-3-4-5-6-7-8-11-17-24-19(23)18-21(25-17)27(22-15(28)12-13-29-22)20(26-18)16-10-9-14-30-16/h9-10,14-15,22,28H,2-7,12-13H2,1H3/t15-,22-/m1/s1. The van der Waals surface area contributed by atoms with Gasteiger partial charge in [0.2, 0.25) is 5.82 Å². The molecule has 3 aromatic heterocycles. The first-order valence-electron chi connectivity index (χ1n) is 10.5. The molecule has 0 aromatic carbocycles. The predicted octanol–water partition coefficient (Wildman–Crippen LogP) is 5.20. The third-order valence-corrected chi connectivity index (χ3v) is 6.26. The van der Waals surface area contributed by atoms with E-state index in [1.54, 1.807) is 11.3 Å². The smallest absolute Gasteiger partial charge is 0.208 e. The van der Waals surface area contributed by atoms with Crippen LogP contribution < -0.4 is 0 Å². The first-order chi connectivity index (χ1) is 14.7. The summed E-state index contributed by atoms with van der Waals surface area (Å²) in [5.74, 6) is 7.24. The summed E-state index contributed by atoms with van der Waals surface area (Å²) < 4.78 is 7.66. The fourth-order valence-corrected chi connectivity index (χ4v) is 4.50. The number of thiophene rings is 1. The van der Waals surface area contributed by atoms with E-state index in [0.717, 1.165) is 17.7 Å². The highest BCUT2D eigenvalue weighted by Gasteiger charge is 2.33. The molecule has 2 atom stereocenters. The van der Waals surface area contributed by atoms with Gasteiger partial charge in [-0.2, -0.15) is 0 Å². The number of aliphatic hydroxyl groups is 1. The van der Waals surface area contributed by atoms with Crippen LogP contribution in [0, 0.1) is 11.8 Å². The topological polar surface area (TPSA) is 73.1 Å². The van der Waals surface area contributed by atoms with Crippen molar-refractivity contribution < 1.29 is 9.84 Å². The molecule has 158 valence electrons. The van der Waals surface area contributed by atoms with Crippen LogP contribution in [0.25, 0.3) is 21.9 Å². The van der Waals surface area contributed by atoms with Gasteiger partial charge >= 0.3 is 0 Å². The van der Waals surface area contributed by atoms with Gasteiger partial charge in [-0.15, -0.1) is 11.3 Å². The first-order valence-corrected chi connectivity index (χ1v) is 11.7. The Morgan fingerprint density at radius 1 is 1.27 bits per heavy atom. The van der Waals surface area contributed by atoms with Crippen molar-refractivity contribution in [2.75, 3.05) is 6.61 Å². The van der Waals surface area contributed by atoms with Crippen LogP contribution in [0.4, 0.5) is 0 Å². The lowest BCUT2D eigenvalue weighted by atomic mass is 10.1. The van der Waals surface area contributed by atoms with Gasteiger partial charge in [-0.25, -0.2) is 15.0 Å². The molecule has 0 amide bonds. The summed E-state index contributed by atoms with van der Waals surface area (Å²) in [6, 6.07) is 3.94. The van der Waals surface area contributed by atoms with Crippen molar-refractivity contribution in [3.8, 4) is 22.5 Å². The van der Waals surface area contributed by atoms with Crippen molar-refractivity contribution in [2.24, 2.45) is 0 Å². The van der Waals surface area contributed by atoms with Gasteiger partial charge in [0, 0.05) is 12.8 Å². The number of rotatable bonds is 7. The fraction of sp³-hybridized carbons (Fsp3) is 0.500. The molecular formula is C22H25ClN4O2S. The van der Waals surface area contributed by atoms with Crippen molar-refractivity contribution >= 4 is 34.1 Å². The highest BCUT2D eigenvalue weighted by atomic mass is 35.5. The Morgan fingerprint density at radius 2 is 2.13 bits per heavy atom. The molecule has 4 rings (SSSR count). The molecule has 0 spiro atoms. The lowest BCUT2D eigenvalue weighted by Crippen LogP contribution is -2.20. The predicted molar refractivity (Wildman–Crippen MR) is 120 cm³/mol. The van der Waals surface area contributed by atoms with Crippen molar-refractivity contribution in [1.29, 1.82) is 0 Å². The molecule has 6 nitrogen and oxygen atoms in total. The largest absolute Gasteiger partial charge is 0.388 e. The van der Waals surface area contributed by atoms with Gasteiger partial charge < -0.3 is 9.84 Å². The number of fused-ring (bicyclic) bond motifs is 1. The Bertz CT molecular complexity index is 1050. The maximum Gasteiger partial charge on any atom is 0.208 e. The average molecular weight is 445 g/mol. The monoisotopic (exact) mass is 444 g/mol. The van der Waals surface area contributed by atoms with E-state index in [-0.39, 0.29) is 5.15 Å². The second kappa shape index (κ2) is 9.88. The van der Waals surface area contributed by atoms with Crippen LogP contribution in [-0.2, 0) is 4.74 Å². The molecule has 8 heteroatoms. The summed E-state index contributed by atoms with van der Waals surface area (Å²) >= 11 is 8.02. The zero-order chi connectivity index (χ0) is 20.9. The average Bonchev–Trinajstić information content (AvgIpc) is 3.46. The van der Waals surface area contributed by atoms with Gasteiger partial charge in [0.15, 0.2) is 22.9 Å². The van der Waals surface area contributed by atoms with E-state index in [1.165, 1.54) is 25.7 Å². The second-order valence-corrected chi connectivity index (χ2v) is 8.68. The number of imidazole rings is 1. The van der Waals surface area contributed by atoms with Crippen LogP contribution in [0.15, 0.2) is 17.5 Å². The van der Waals surface area contributed by atoms with Crippen LogP contribution in [0.1, 0.15) is 63.9 Å². The Kier molecular flexibility index (Phi) is 7.00. The number of nitrogens with zero attached hydrogens (tertiary/aromatic N) is 4. The Balaban J connectivity index is 1.67. The molecule has 0 bridgehead atoms. The zero-order valence-electron chi connectivity index (χ0n) is 17.0. The Morgan fingerprint density at radius 3 is 2.87 bits per heavy atom. The fourth-order valence-electron chi connectivity index (χ4n) is 3.59. The van der Waals surface area contributed by atoms with Crippen LogP contribution >= 0.6 is 22.9 Å². The van der Waals surface area contributed by atoms with Gasteiger partial charge in [-0.05, 0) is 23.8 Å². The molecule has 0 unspecified atom stereocenters. The van der Waals surface area contributed by atoms with Crippen molar-refractivity contribution in [3.05, 3.63) is 28.5 Å². The molecule has 4 heterocycles. The molecule has 0 radical (unpaired) electrons. The molecular weight excluding hydrogens is 420 g/mol. The van der Waals surface area contributed by atoms with E-state index in [0.29, 0.717) is 35.8 Å². The van der Waals surface area contributed by atoms with Gasteiger partial charge in [0.1, 0.15) is 11.6 Å². The number of hydrogen-bond acceptors (Lipinski definition) is 6. The SMILES string of the molecule is CCCCCCCC#Cc1nc(Cl)c2nc(-c3cccs3)n([C@@H]3OCC[C@H]3O)c2n1. The summed E-state index contributed by atoms with van der Waals surface area (Å²) in [5.41, 5.74) is 1.03. The van der Waals surface area contributed by atoms with Gasteiger partial charge in [0.05, 0.1) is 11.5 Å². The van der Waals surface area contributed by atoms with Crippen molar-refractivity contribution in [1.82, 2.24) is 19.5 Å². The molecule has 3 aromatic rings. The molecule has 0 saturated carbocycles. The Hall–Kier alpha value is -1.98. The molecule has 30 heavy (non-hydrogen) atoms. The third-order valence-electron chi connectivity index (χ3n) is 5.13. The number of hydrogen-bond donors (Lipinski definition) is 1. The third kappa shape index (κ3) is 4.52. The molecule has 1 fully saturated rings. The minimum absolute atomic E-state index is 0.260. The summed E-state index contributed by atoms with van der Waals surface area (Å²) in [6.45, 7) is 2.69. The number of ether oxygens (including phenoxy) is 1. The lowest BCUT2D eigenvalue weighted by molar-refractivity contribution is -0.00513. The maximum absolute atomic E-state index is 10.5. The van der Waals surface area contributed by atoms with E-state index in [9.17, 15) is 5.11 Å². The molecule has 1 saturated heterocycles. The minimum atomic E-state index is -0.632. The van der Waals surface area contributed by atoms with Gasteiger partial charge in [0.25, 0.3) is 0 Å². The number of aliphatic hydroxyl groups excluding tert-OH is 1. The van der Waals surface area contributed by atoms with E-state index >= 15 is 0 Å². The summed E-state index contributed by atoms with van der Waals surface area (Å²) in [4.78, 5) is 14.6.